The van der Waals surface area contributed by atoms with Crippen LogP contribution in [0.4, 0.5) is 11.4 Å². The van der Waals surface area contributed by atoms with Crippen molar-refractivity contribution < 1.29 is 9.53 Å². The smallest absolute Gasteiger partial charge is 0.337 e. The van der Waals surface area contributed by atoms with Crippen LogP contribution in [-0.2, 0) is 4.74 Å². The fourth-order valence-electron chi connectivity index (χ4n) is 2.21. The average molecular weight is 304 g/mol. The lowest BCUT2D eigenvalue weighted by atomic mass is 10.1. The van der Waals surface area contributed by atoms with E-state index in [1.807, 2.05) is 30.3 Å². The first kappa shape index (κ1) is 14.5. The van der Waals surface area contributed by atoms with Crippen molar-refractivity contribution >= 4 is 28.2 Å². The molecule has 1 aromatic heterocycles. The van der Waals surface area contributed by atoms with E-state index in [-0.39, 0.29) is 5.69 Å². The van der Waals surface area contributed by atoms with Gasteiger partial charge in [-0.05, 0) is 30.3 Å². The number of nitriles is 1. The van der Waals surface area contributed by atoms with Gasteiger partial charge in [0.25, 0.3) is 0 Å². The Morgan fingerprint density at radius 1 is 1.13 bits per heavy atom. The third-order valence-corrected chi connectivity index (χ3v) is 3.35. The number of nitrogens with zero attached hydrogens (tertiary/aromatic N) is 3. The number of methoxy groups -OCH3 is 1. The molecule has 0 atom stereocenters. The maximum absolute atomic E-state index is 11.5. The van der Waals surface area contributed by atoms with E-state index in [1.54, 1.807) is 24.3 Å². The van der Waals surface area contributed by atoms with Crippen molar-refractivity contribution in [2.24, 2.45) is 0 Å². The zero-order valence-electron chi connectivity index (χ0n) is 12.3. The molecule has 0 bridgehead atoms. The molecule has 0 aliphatic rings. The number of hydrogen-bond donors (Lipinski definition) is 1. The van der Waals surface area contributed by atoms with Crippen LogP contribution in [-0.4, -0.2) is 23.3 Å². The quantitative estimate of drug-likeness (QED) is 0.748. The number of fused-ring (bicyclic) bond motifs is 1. The second-order valence-corrected chi connectivity index (χ2v) is 4.75. The van der Waals surface area contributed by atoms with Crippen LogP contribution in [0, 0.1) is 11.3 Å². The molecule has 0 spiro atoms. The number of rotatable bonds is 3. The van der Waals surface area contributed by atoms with Gasteiger partial charge >= 0.3 is 5.97 Å². The summed E-state index contributed by atoms with van der Waals surface area (Å²) >= 11 is 0. The minimum absolute atomic E-state index is 0.209. The number of hydrogen-bond acceptors (Lipinski definition) is 6. The molecular formula is C17H12N4O2. The van der Waals surface area contributed by atoms with Crippen molar-refractivity contribution in [2.75, 3.05) is 12.4 Å². The molecule has 1 heterocycles. The fourth-order valence-corrected chi connectivity index (χ4v) is 2.21. The molecule has 0 aliphatic carbocycles. The predicted octanol–water partition coefficient (Wildman–Crippen LogP) is 3.03. The van der Waals surface area contributed by atoms with E-state index in [9.17, 15) is 10.1 Å². The number of nitrogens with one attached hydrogen (secondary N) is 1. The third kappa shape index (κ3) is 2.80. The van der Waals surface area contributed by atoms with Gasteiger partial charge in [-0.3, -0.25) is 0 Å². The lowest BCUT2D eigenvalue weighted by Crippen LogP contribution is -2.02. The molecule has 112 valence electrons. The second-order valence-electron chi connectivity index (χ2n) is 4.75. The number of anilines is 2. The third-order valence-electron chi connectivity index (χ3n) is 3.35. The zero-order chi connectivity index (χ0) is 16.2. The Balaban J connectivity index is 2.01. The van der Waals surface area contributed by atoms with Crippen molar-refractivity contribution in [1.29, 1.82) is 5.26 Å². The van der Waals surface area contributed by atoms with E-state index in [0.717, 1.165) is 11.1 Å². The first-order valence-corrected chi connectivity index (χ1v) is 6.84. The Labute approximate surface area is 132 Å². The van der Waals surface area contributed by atoms with E-state index in [4.69, 9.17) is 0 Å². The first-order chi connectivity index (χ1) is 11.2. The van der Waals surface area contributed by atoms with Crippen LogP contribution in [0.1, 0.15) is 16.1 Å². The highest BCUT2D eigenvalue weighted by Gasteiger charge is 2.11. The number of carbonyl (C=O) groups is 1. The standard InChI is InChI=1S/C17H12N4O2/c1-23-17(22)11-6-8-12(9-7-11)19-16-13-4-2-3-5-14(13)20-21-15(16)10-18/h2-9H,1H3,(H,19,20). The van der Waals surface area contributed by atoms with Gasteiger partial charge in [-0.15, -0.1) is 10.2 Å². The Morgan fingerprint density at radius 2 is 1.87 bits per heavy atom. The summed E-state index contributed by atoms with van der Waals surface area (Å²) in [6.45, 7) is 0. The SMILES string of the molecule is COC(=O)c1ccc(Nc2c(C#N)nnc3ccccc23)cc1. The average Bonchev–Trinajstić information content (AvgIpc) is 2.62. The van der Waals surface area contributed by atoms with Crippen molar-refractivity contribution in [2.45, 2.75) is 0 Å². The molecule has 3 rings (SSSR count). The van der Waals surface area contributed by atoms with Gasteiger partial charge in [0.1, 0.15) is 6.07 Å². The highest BCUT2D eigenvalue weighted by molar-refractivity contribution is 5.95. The zero-order valence-corrected chi connectivity index (χ0v) is 12.3. The number of benzene rings is 2. The normalized spacial score (nSPS) is 10.1. The summed E-state index contributed by atoms with van der Waals surface area (Å²) in [5.74, 6) is -0.398. The highest BCUT2D eigenvalue weighted by atomic mass is 16.5. The lowest BCUT2D eigenvalue weighted by molar-refractivity contribution is 0.0601. The van der Waals surface area contributed by atoms with Gasteiger partial charge in [-0.2, -0.15) is 5.26 Å². The summed E-state index contributed by atoms with van der Waals surface area (Å²) in [4.78, 5) is 11.5. The summed E-state index contributed by atoms with van der Waals surface area (Å²) in [5.41, 5.74) is 2.67. The summed E-state index contributed by atoms with van der Waals surface area (Å²) < 4.78 is 4.67. The second kappa shape index (κ2) is 6.12. The Hall–Kier alpha value is -3.46. The molecule has 3 aromatic rings. The van der Waals surface area contributed by atoms with Crippen LogP contribution in [0.2, 0.25) is 0 Å². The lowest BCUT2D eigenvalue weighted by Gasteiger charge is -2.10. The molecule has 6 nitrogen and oxygen atoms in total. The van der Waals surface area contributed by atoms with Crippen LogP contribution >= 0.6 is 0 Å². The van der Waals surface area contributed by atoms with Gasteiger partial charge in [-0.25, -0.2) is 4.79 Å². The molecule has 1 N–H and O–H groups in total. The molecule has 0 amide bonds. The minimum Gasteiger partial charge on any atom is -0.465 e. The topological polar surface area (TPSA) is 87.9 Å². The summed E-state index contributed by atoms with van der Waals surface area (Å²) in [6, 6.07) is 16.2. The van der Waals surface area contributed by atoms with Crippen LogP contribution < -0.4 is 5.32 Å². The summed E-state index contributed by atoms with van der Waals surface area (Å²) in [5, 5.41) is 21.2. The van der Waals surface area contributed by atoms with Crippen molar-refractivity contribution in [3.8, 4) is 6.07 Å². The van der Waals surface area contributed by atoms with Crippen LogP contribution in [0.15, 0.2) is 48.5 Å². The molecule has 0 aliphatic heterocycles. The minimum atomic E-state index is -0.398. The van der Waals surface area contributed by atoms with Crippen LogP contribution in [0.5, 0.6) is 0 Å². The van der Waals surface area contributed by atoms with Gasteiger partial charge in [0, 0.05) is 11.1 Å². The Kier molecular flexibility index (Phi) is 3.85. The van der Waals surface area contributed by atoms with Gasteiger partial charge in [-0.1, -0.05) is 18.2 Å². The van der Waals surface area contributed by atoms with Crippen molar-refractivity contribution in [1.82, 2.24) is 10.2 Å². The molecule has 0 saturated heterocycles. The summed E-state index contributed by atoms with van der Waals surface area (Å²) in [7, 11) is 1.34. The van der Waals surface area contributed by atoms with Gasteiger partial charge in [0.15, 0.2) is 5.69 Å². The monoisotopic (exact) mass is 304 g/mol. The fraction of sp³-hybridized carbons (Fsp3) is 0.0588. The maximum Gasteiger partial charge on any atom is 0.337 e. The van der Waals surface area contributed by atoms with E-state index in [0.29, 0.717) is 16.8 Å². The number of carbonyl (C=O) groups excluding carboxylic acids is 1. The molecule has 2 aromatic carbocycles. The summed E-state index contributed by atoms with van der Waals surface area (Å²) in [6.07, 6.45) is 0. The number of ether oxygens (including phenoxy) is 1. The Morgan fingerprint density at radius 3 is 2.57 bits per heavy atom. The maximum atomic E-state index is 11.5. The van der Waals surface area contributed by atoms with Crippen LogP contribution in [0.3, 0.4) is 0 Å². The van der Waals surface area contributed by atoms with Gasteiger partial charge < -0.3 is 10.1 Å². The number of esters is 1. The molecule has 6 heteroatoms. The molecule has 23 heavy (non-hydrogen) atoms. The van der Waals surface area contributed by atoms with Crippen molar-refractivity contribution in [3.05, 3.63) is 59.8 Å². The highest BCUT2D eigenvalue weighted by Crippen LogP contribution is 2.27. The predicted molar refractivity (Wildman–Crippen MR) is 85.3 cm³/mol. The van der Waals surface area contributed by atoms with E-state index < -0.39 is 5.97 Å². The number of aromatic nitrogens is 2. The molecule has 0 radical (unpaired) electrons. The van der Waals surface area contributed by atoms with Crippen LogP contribution in [0.25, 0.3) is 10.9 Å². The Bertz CT molecular complexity index is 914. The van der Waals surface area contributed by atoms with Gasteiger partial charge in [0.05, 0.1) is 23.9 Å². The first-order valence-electron chi connectivity index (χ1n) is 6.84. The molecule has 0 saturated carbocycles. The van der Waals surface area contributed by atoms with E-state index in [1.165, 1.54) is 7.11 Å². The van der Waals surface area contributed by atoms with E-state index in [2.05, 4.69) is 20.3 Å². The molecular weight excluding hydrogens is 292 g/mol. The largest absolute Gasteiger partial charge is 0.465 e. The molecule has 0 fully saturated rings. The molecule has 0 unspecified atom stereocenters. The van der Waals surface area contributed by atoms with Gasteiger partial charge in [0.2, 0.25) is 0 Å². The van der Waals surface area contributed by atoms with Crippen molar-refractivity contribution in [3.63, 3.8) is 0 Å². The van der Waals surface area contributed by atoms with E-state index >= 15 is 0 Å².